The molecule has 1 atom stereocenters. The number of hydrogen-bond acceptors (Lipinski definition) is 2. The summed E-state index contributed by atoms with van der Waals surface area (Å²) in [5.74, 6) is 0.969. The molecule has 1 aromatic rings. The highest BCUT2D eigenvalue weighted by Gasteiger charge is 2.18. The number of fused-ring (bicyclic) bond motifs is 1. The smallest absolute Gasteiger partial charge is 0.119 e. The summed E-state index contributed by atoms with van der Waals surface area (Å²) < 4.78 is 5.68. The maximum atomic E-state index is 5.98. The van der Waals surface area contributed by atoms with Gasteiger partial charge < -0.3 is 10.5 Å². The summed E-state index contributed by atoms with van der Waals surface area (Å²) in [6.07, 6.45) is 6.11. The topological polar surface area (TPSA) is 35.2 Å². The van der Waals surface area contributed by atoms with Crippen LogP contribution in [0.4, 0.5) is 0 Å². The summed E-state index contributed by atoms with van der Waals surface area (Å²) in [5.41, 5.74) is 8.63. The van der Waals surface area contributed by atoms with Crippen molar-refractivity contribution >= 4 is 0 Å². The van der Waals surface area contributed by atoms with E-state index in [1.54, 1.807) is 0 Å². The van der Waals surface area contributed by atoms with Gasteiger partial charge >= 0.3 is 0 Å². The molecular weight excluding hydrogens is 198 g/mol. The molecule has 0 heterocycles. The third-order valence-electron chi connectivity index (χ3n) is 3.06. The molecule has 16 heavy (non-hydrogen) atoms. The van der Waals surface area contributed by atoms with Crippen molar-refractivity contribution in [2.75, 3.05) is 6.61 Å². The molecule has 0 amide bonds. The summed E-state index contributed by atoms with van der Waals surface area (Å²) in [7, 11) is 0. The Balaban J connectivity index is 1.94. The number of benzene rings is 1. The standard InChI is InChI=1S/C14H19NO/c1-2-3-4-9-16-12-6-7-13-11(10-12)5-8-14(13)15/h2,6-7,10,14H,1,3-5,8-9,15H2/t14-/m0/s1. The molecule has 0 fully saturated rings. The second kappa shape index (κ2) is 5.17. The quantitative estimate of drug-likeness (QED) is 0.608. The fourth-order valence-electron chi connectivity index (χ4n) is 2.13. The molecule has 86 valence electrons. The van der Waals surface area contributed by atoms with Crippen molar-refractivity contribution in [3.05, 3.63) is 42.0 Å². The fraction of sp³-hybridized carbons (Fsp3) is 0.429. The Morgan fingerprint density at radius 2 is 2.38 bits per heavy atom. The Hall–Kier alpha value is -1.28. The summed E-state index contributed by atoms with van der Waals surface area (Å²) >= 11 is 0. The van der Waals surface area contributed by atoms with Gasteiger partial charge in [0.2, 0.25) is 0 Å². The number of nitrogens with two attached hydrogens (primary N) is 1. The van der Waals surface area contributed by atoms with Gasteiger partial charge in [-0.05, 0) is 48.9 Å². The SMILES string of the molecule is C=CCCCOc1ccc2c(c1)CC[C@@H]2N. The predicted molar refractivity (Wildman–Crippen MR) is 66.6 cm³/mol. The number of unbranched alkanes of at least 4 members (excludes halogenated alkanes) is 1. The van der Waals surface area contributed by atoms with Crippen molar-refractivity contribution in [1.29, 1.82) is 0 Å². The third-order valence-corrected chi connectivity index (χ3v) is 3.06. The van der Waals surface area contributed by atoms with E-state index in [1.165, 1.54) is 11.1 Å². The fourth-order valence-corrected chi connectivity index (χ4v) is 2.13. The maximum absolute atomic E-state index is 5.98. The minimum atomic E-state index is 0.227. The number of hydrogen-bond donors (Lipinski definition) is 1. The molecule has 0 aliphatic heterocycles. The van der Waals surface area contributed by atoms with Crippen molar-refractivity contribution in [2.45, 2.75) is 31.7 Å². The largest absolute Gasteiger partial charge is 0.494 e. The Labute approximate surface area is 97.1 Å². The van der Waals surface area contributed by atoms with Crippen molar-refractivity contribution in [2.24, 2.45) is 5.73 Å². The lowest BCUT2D eigenvalue weighted by molar-refractivity contribution is 0.312. The first-order valence-corrected chi connectivity index (χ1v) is 5.93. The number of aryl methyl sites for hydroxylation is 1. The van der Waals surface area contributed by atoms with Crippen molar-refractivity contribution in [3.8, 4) is 5.75 Å². The van der Waals surface area contributed by atoms with Crippen LogP contribution in [0.3, 0.4) is 0 Å². The zero-order valence-corrected chi connectivity index (χ0v) is 9.61. The Bertz CT molecular complexity index is 373. The van der Waals surface area contributed by atoms with E-state index in [4.69, 9.17) is 10.5 Å². The van der Waals surface area contributed by atoms with Crippen LogP contribution in [0.5, 0.6) is 5.75 Å². The molecule has 2 nitrogen and oxygen atoms in total. The molecular formula is C14H19NO. The lowest BCUT2D eigenvalue weighted by atomic mass is 10.1. The van der Waals surface area contributed by atoms with Gasteiger partial charge in [0, 0.05) is 6.04 Å². The van der Waals surface area contributed by atoms with E-state index in [1.807, 2.05) is 12.1 Å². The lowest BCUT2D eigenvalue weighted by Crippen LogP contribution is -2.05. The highest BCUT2D eigenvalue weighted by Crippen LogP contribution is 2.31. The van der Waals surface area contributed by atoms with E-state index < -0.39 is 0 Å². The lowest BCUT2D eigenvalue weighted by Gasteiger charge is -2.08. The van der Waals surface area contributed by atoms with E-state index in [9.17, 15) is 0 Å². The van der Waals surface area contributed by atoms with Crippen molar-refractivity contribution < 1.29 is 4.74 Å². The zero-order chi connectivity index (χ0) is 11.4. The number of rotatable bonds is 5. The van der Waals surface area contributed by atoms with Crippen LogP contribution >= 0.6 is 0 Å². The molecule has 0 saturated carbocycles. The summed E-state index contributed by atoms with van der Waals surface area (Å²) in [4.78, 5) is 0. The van der Waals surface area contributed by atoms with Crippen molar-refractivity contribution in [3.63, 3.8) is 0 Å². The molecule has 0 aromatic heterocycles. The van der Waals surface area contributed by atoms with Gasteiger partial charge in [0.1, 0.15) is 5.75 Å². The highest BCUT2D eigenvalue weighted by atomic mass is 16.5. The average molecular weight is 217 g/mol. The van der Waals surface area contributed by atoms with Crippen molar-refractivity contribution in [1.82, 2.24) is 0 Å². The second-order valence-electron chi connectivity index (χ2n) is 4.29. The van der Waals surface area contributed by atoms with Crippen LogP contribution in [-0.4, -0.2) is 6.61 Å². The zero-order valence-electron chi connectivity index (χ0n) is 9.61. The normalized spacial score (nSPS) is 18.2. The predicted octanol–water partition coefficient (Wildman–Crippen LogP) is 2.98. The maximum Gasteiger partial charge on any atom is 0.119 e. The Morgan fingerprint density at radius 3 is 3.19 bits per heavy atom. The molecule has 0 radical (unpaired) electrons. The summed E-state index contributed by atoms with van der Waals surface area (Å²) in [6, 6.07) is 6.49. The van der Waals surface area contributed by atoms with Crippen LogP contribution in [0.1, 0.15) is 36.4 Å². The van der Waals surface area contributed by atoms with Gasteiger partial charge in [0.25, 0.3) is 0 Å². The van der Waals surface area contributed by atoms with E-state index in [0.717, 1.165) is 38.0 Å². The Morgan fingerprint density at radius 1 is 1.50 bits per heavy atom. The van der Waals surface area contributed by atoms with Gasteiger partial charge in [-0.3, -0.25) is 0 Å². The molecule has 2 N–H and O–H groups in total. The van der Waals surface area contributed by atoms with Gasteiger partial charge in [-0.15, -0.1) is 6.58 Å². The third kappa shape index (κ3) is 2.45. The van der Waals surface area contributed by atoms with Crippen LogP contribution in [0.25, 0.3) is 0 Å². The molecule has 1 aromatic carbocycles. The Kier molecular flexibility index (Phi) is 3.62. The van der Waals surface area contributed by atoms with Gasteiger partial charge in [-0.1, -0.05) is 12.1 Å². The molecule has 0 spiro atoms. The van der Waals surface area contributed by atoms with Crippen LogP contribution in [0.15, 0.2) is 30.9 Å². The summed E-state index contributed by atoms with van der Waals surface area (Å²) in [6.45, 7) is 4.45. The minimum absolute atomic E-state index is 0.227. The first-order chi connectivity index (χ1) is 7.81. The molecule has 0 bridgehead atoms. The van der Waals surface area contributed by atoms with E-state index in [0.29, 0.717) is 0 Å². The number of allylic oxidation sites excluding steroid dienone is 1. The van der Waals surface area contributed by atoms with Gasteiger partial charge in [0.15, 0.2) is 0 Å². The van der Waals surface area contributed by atoms with Crippen LogP contribution < -0.4 is 10.5 Å². The van der Waals surface area contributed by atoms with Crippen LogP contribution in [-0.2, 0) is 6.42 Å². The van der Waals surface area contributed by atoms with Crippen LogP contribution in [0, 0.1) is 0 Å². The molecule has 0 saturated heterocycles. The van der Waals surface area contributed by atoms with E-state index >= 15 is 0 Å². The van der Waals surface area contributed by atoms with Gasteiger partial charge in [-0.2, -0.15) is 0 Å². The first kappa shape index (κ1) is 11.2. The van der Waals surface area contributed by atoms with E-state index in [2.05, 4.69) is 18.7 Å². The highest BCUT2D eigenvalue weighted by molar-refractivity contribution is 5.40. The van der Waals surface area contributed by atoms with Gasteiger partial charge in [-0.25, -0.2) is 0 Å². The molecule has 1 aliphatic rings. The second-order valence-corrected chi connectivity index (χ2v) is 4.29. The summed E-state index contributed by atoms with van der Waals surface area (Å²) in [5, 5.41) is 0. The van der Waals surface area contributed by atoms with E-state index in [-0.39, 0.29) is 6.04 Å². The van der Waals surface area contributed by atoms with Crippen LogP contribution in [0.2, 0.25) is 0 Å². The molecule has 2 rings (SSSR count). The first-order valence-electron chi connectivity index (χ1n) is 5.93. The average Bonchev–Trinajstić information content (AvgIpc) is 2.66. The monoisotopic (exact) mass is 217 g/mol. The number of ether oxygens (including phenoxy) is 1. The minimum Gasteiger partial charge on any atom is -0.494 e. The molecule has 2 heteroatoms. The molecule has 1 aliphatic carbocycles. The molecule has 0 unspecified atom stereocenters. The van der Waals surface area contributed by atoms with Gasteiger partial charge in [0.05, 0.1) is 6.61 Å².